The molecule has 0 spiro atoms. The van der Waals surface area contributed by atoms with Gasteiger partial charge in [-0.3, -0.25) is 19.7 Å². The van der Waals surface area contributed by atoms with Gasteiger partial charge < -0.3 is 43.5 Å². The van der Waals surface area contributed by atoms with E-state index >= 15 is 0 Å². The van der Waals surface area contributed by atoms with Crippen molar-refractivity contribution >= 4 is 23.5 Å². The summed E-state index contributed by atoms with van der Waals surface area (Å²) in [7, 11) is 11.3. The number of hydrogen-bond acceptors (Lipinski definition) is 12. The lowest BCUT2D eigenvalue weighted by Crippen LogP contribution is -2.41. The number of carboxylic acids is 2. The molecule has 55 heavy (non-hydrogen) atoms. The number of rotatable bonds is 14. The van der Waals surface area contributed by atoms with Crippen molar-refractivity contribution in [3.63, 3.8) is 0 Å². The minimum absolute atomic E-state index is 0.0856. The van der Waals surface area contributed by atoms with Crippen LogP contribution in [0.5, 0.6) is 34.5 Å². The number of methoxy groups -OCH3 is 6. The minimum Gasteiger partial charge on any atom is -0.493 e. The van der Waals surface area contributed by atoms with Gasteiger partial charge in [0.15, 0.2) is 23.0 Å². The van der Waals surface area contributed by atoms with Crippen LogP contribution in [0.1, 0.15) is 18.4 Å². The van der Waals surface area contributed by atoms with E-state index in [1.807, 2.05) is 49.5 Å². The number of carbonyl (C=O) groups is 3. The zero-order valence-corrected chi connectivity index (χ0v) is 31.9. The fourth-order valence-electron chi connectivity index (χ4n) is 6.18. The smallest absolute Gasteiger partial charge is 0.328 e. The van der Waals surface area contributed by atoms with Gasteiger partial charge in [-0.05, 0) is 74.0 Å². The molecule has 0 saturated carbocycles. The number of likely N-dealkylation sites (tertiary alicyclic amines) is 1. The van der Waals surface area contributed by atoms with E-state index in [4.69, 9.17) is 43.6 Å². The number of pyridine rings is 2. The zero-order valence-electron chi connectivity index (χ0n) is 31.9. The fraction of sp³-hybridized carbons (Fsp3) is 0.325. The number of piperidine rings is 1. The minimum atomic E-state index is -1.26. The average molecular weight is 759 g/mol. The van der Waals surface area contributed by atoms with Crippen LogP contribution in [0.4, 0.5) is 5.69 Å². The Morgan fingerprint density at radius 1 is 0.727 bits per heavy atom. The number of aromatic nitrogens is 2. The van der Waals surface area contributed by atoms with Gasteiger partial charge in [-0.1, -0.05) is 6.07 Å². The van der Waals surface area contributed by atoms with Gasteiger partial charge in [-0.15, -0.1) is 0 Å². The maximum absolute atomic E-state index is 13.7. The molecule has 15 nitrogen and oxygen atoms in total. The molecule has 3 heterocycles. The third-order valence-corrected chi connectivity index (χ3v) is 8.95. The molecule has 1 aliphatic rings. The summed E-state index contributed by atoms with van der Waals surface area (Å²) in [5, 5.41) is 15.6. The van der Waals surface area contributed by atoms with Crippen LogP contribution in [-0.2, 0) is 20.9 Å². The Morgan fingerprint density at radius 3 is 1.71 bits per heavy atom. The Balaban J connectivity index is 0.000000757. The lowest BCUT2D eigenvalue weighted by atomic mass is 9.94. The number of ether oxygens (including phenoxy) is 6. The molecule has 4 aromatic rings. The summed E-state index contributed by atoms with van der Waals surface area (Å²) in [6.07, 6.45) is 6.13. The number of carbonyl (C=O) groups excluding carboxylic acids is 1. The largest absolute Gasteiger partial charge is 0.493 e. The highest BCUT2D eigenvalue weighted by Crippen LogP contribution is 2.43. The maximum atomic E-state index is 13.7. The van der Waals surface area contributed by atoms with Crippen LogP contribution in [0.2, 0.25) is 0 Å². The number of benzene rings is 2. The predicted octanol–water partition coefficient (Wildman–Crippen LogP) is 5.45. The summed E-state index contributed by atoms with van der Waals surface area (Å²) < 4.78 is 33.1. The second-order valence-corrected chi connectivity index (χ2v) is 12.2. The summed E-state index contributed by atoms with van der Waals surface area (Å²) in [6.45, 7) is 2.29. The second-order valence-electron chi connectivity index (χ2n) is 12.2. The van der Waals surface area contributed by atoms with Crippen molar-refractivity contribution < 1.29 is 53.0 Å². The van der Waals surface area contributed by atoms with Crippen LogP contribution >= 0.6 is 0 Å². The van der Waals surface area contributed by atoms with Gasteiger partial charge in [0.05, 0.1) is 54.0 Å². The maximum Gasteiger partial charge on any atom is 0.328 e. The van der Waals surface area contributed by atoms with E-state index in [2.05, 4.69) is 16.0 Å². The van der Waals surface area contributed by atoms with E-state index in [1.54, 1.807) is 60.0 Å². The highest BCUT2D eigenvalue weighted by Gasteiger charge is 2.29. The Labute approximate surface area is 319 Å². The van der Waals surface area contributed by atoms with Gasteiger partial charge in [-0.25, -0.2) is 9.59 Å². The molecule has 2 aromatic carbocycles. The van der Waals surface area contributed by atoms with Gasteiger partial charge in [0.25, 0.3) is 0 Å². The first-order valence-electron chi connectivity index (χ1n) is 17.1. The first-order valence-corrected chi connectivity index (χ1v) is 17.1. The molecule has 15 heteroatoms. The summed E-state index contributed by atoms with van der Waals surface area (Å²) in [4.78, 5) is 46.2. The molecule has 2 aromatic heterocycles. The first kappa shape index (κ1) is 41.4. The van der Waals surface area contributed by atoms with Crippen molar-refractivity contribution in [3.05, 3.63) is 78.6 Å². The lowest BCUT2D eigenvalue weighted by Gasteiger charge is -2.33. The summed E-state index contributed by atoms with van der Waals surface area (Å²) >= 11 is 0. The highest BCUT2D eigenvalue weighted by molar-refractivity contribution is 5.95. The molecule has 1 saturated heterocycles. The van der Waals surface area contributed by atoms with Gasteiger partial charge in [0.2, 0.25) is 17.4 Å². The normalized spacial score (nSPS) is 12.9. The van der Waals surface area contributed by atoms with Crippen LogP contribution in [-0.4, -0.2) is 106 Å². The molecular formula is C40H46N4O11. The molecule has 2 N–H and O–H groups in total. The SMILES string of the molecule is COc1cc(-c2cc(N(C)C(=O)C3CCN(Cc4cccnc4-c4cc(OC)c(OC)c(OC)c4)CC3)ccn2)cc(OC)c1OC.O=C(O)/C=C\C(=O)O. The van der Waals surface area contributed by atoms with E-state index < -0.39 is 11.9 Å². The lowest BCUT2D eigenvalue weighted by molar-refractivity contribution is -0.134. The molecular weight excluding hydrogens is 712 g/mol. The predicted molar refractivity (Wildman–Crippen MR) is 204 cm³/mol. The third-order valence-electron chi connectivity index (χ3n) is 8.95. The zero-order chi connectivity index (χ0) is 40.1. The van der Waals surface area contributed by atoms with Crippen molar-refractivity contribution in [1.82, 2.24) is 14.9 Å². The topological polar surface area (TPSA) is 179 Å². The fourth-order valence-corrected chi connectivity index (χ4v) is 6.18. The number of hydrogen-bond donors (Lipinski definition) is 2. The van der Waals surface area contributed by atoms with Crippen molar-refractivity contribution in [2.24, 2.45) is 5.92 Å². The Hall–Kier alpha value is -6.35. The molecule has 0 bridgehead atoms. The van der Waals surface area contributed by atoms with Crippen molar-refractivity contribution in [3.8, 4) is 57.0 Å². The number of carboxylic acid groups (broad SMARTS) is 2. The number of aliphatic carboxylic acids is 2. The summed E-state index contributed by atoms with van der Waals surface area (Å²) in [5.74, 6) is 0.757. The average Bonchev–Trinajstić information content (AvgIpc) is 3.21. The van der Waals surface area contributed by atoms with Gasteiger partial charge in [0, 0.05) is 60.9 Å². The molecule has 1 fully saturated rings. The molecule has 0 atom stereocenters. The molecule has 1 aliphatic heterocycles. The Bertz CT molecular complexity index is 1930. The molecule has 0 radical (unpaired) electrons. The first-order chi connectivity index (χ1) is 26.5. The number of amides is 1. The molecule has 1 amide bonds. The molecule has 5 rings (SSSR count). The molecule has 0 unspecified atom stereocenters. The van der Waals surface area contributed by atoms with Crippen LogP contribution in [0, 0.1) is 5.92 Å². The second kappa shape index (κ2) is 19.6. The number of anilines is 1. The number of nitrogens with zero attached hydrogens (tertiary/aromatic N) is 4. The summed E-state index contributed by atoms with van der Waals surface area (Å²) in [5.41, 5.74) is 5.06. The highest BCUT2D eigenvalue weighted by atomic mass is 16.5. The Morgan fingerprint density at radius 2 is 1.24 bits per heavy atom. The van der Waals surface area contributed by atoms with Crippen LogP contribution in [0.3, 0.4) is 0 Å². The van der Waals surface area contributed by atoms with Crippen LogP contribution in [0.25, 0.3) is 22.5 Å². The van der Waals surface area contributed by atoms with Crippen LogP contribution in [0.15, 0.2) is 73.1 Å². The van der Waals surface area contributed by atoms with Gasteiger partial charge in [-0.2, -0.15) is 0 Å². The van der Waals surface area contributed by atoms with E-state index in [1.165, 1.54) is 0 Å². The molecule has 0 aliphatic carbocycles. The van der Waals surface area contributed by atoms with E-state index in [9.17, 15) is 14.4 Å². The third kappa shape index (κ3) is 10.4. The van der Waals surface area contributed by atoms with Crippen LogP contribution < -0.4 is 33.3 Å². The Kier molecular flexibility index (Phi) is 14.8. The quantitative estimate of drug-likeness (QED) is 0.155. The van der Waals surface area contributed by atoms with Gasteiger partial charge >= 0.3 is 11.9 Å². The van der Waals surface area contributed by atoms with E-state index in [0.717, 1.165) is 54.0 Å². The van der Waals surface area contributed by atoms with Crippen molar-refractivity contribution in [2.45, 2.75) is 19.4 Å². The standard InChI is InChI=1S/C36H42N4O7.C4H4O4/c1-39(27-10-14-37-28(21-27)25-17-29(42-2)34(46-6)30(18-25)43-3)36(41)23-11-15-40(16-12-23)22-24-9-8-13-38-33(24)26-19-31(44-4)35(47-7)32(20-26)45-5;5-3(6)1-2-4(7)8/h8-10,13-14,17-21,23H,11-12,15-16,22H2,1-7H3;1-2H,(H,5,6)(H,7,8)/b;2-1-. The van der Waals surface area contributed by atoms with Crippen molar-refractivity contribution in [1.29, 1.82) is 0 Å². The van der Waals surface area contributed by atoms with Crippen molar-refractivity contribution in [2.75, 3.05) is 67.7 Å². The van der Waals surface area contributed by atoms with Gasteiger partial charge in [0.1, 0.15) is 0 Å². The van der Waals surface area contributed by atoms with E-state index in [0.29, 0.717) is 58.9 Å². The summed E-state index contributed by atoms with van der Waals surface area (Å²) in [6, 6.07) is 15.3. The monoisotopic (exact) mass is 758 g/mol. The van der Waals surface area contributed by atoms with E-state index in [-0.39, 0.29) is 11.8 Å². The molecule has 292 valence electrons.